The second-order valence-corrected chi connectivity index (χ2v) is 38.1. The predicted octanol–water partition coefficient (Wildman–Crippen LogP) is 11.8. The number of ketones is 8. The number of nitrogens with one attached hydrogen (secondary N) is 7. The largest absolute Gasteiger partial charge is 0.461 e. The zero-order valence-corrected chi connectivity index (χ0v) is 80.5. The van der Waals surface area contributed by atoms with Gasteiger partial charge in [0.25, 0.3) is 0 Å². The summed E-state index contributed by atoms with van der Waals surface area (Å²) in [6.07, 6.45) is 10.6. The predicted molar refractivity (Wildman–Crippen MR) is 497 cm³/mol. The molecule has 0 aromatic heterocycles. The summed E-state index contributed by atoms with van der Waals surface area (Å²) >= 11 is 1.54. The summed E-state index contributed by atoms with van der Waals surface area (Å²) in [6.45, 7) is 32.0. The van der Waals surface area contributed by atoms with Crippen LogP contribution in [-0.4, -0.2) is 222 Å². The van der Waals surface area contributed by atoms with E-state index < -0.39 is 36.0 Å². The molecule has 2 aromatic carbocycles. The average molecular weight is 1820 g/mol. The van der Waals surface area contributed by atoms with Crippen molar-refractivity contribution in [2.75, 3.05) is 89.5 Å². The van der Waals surface area contributed by atoms with Gasteiger partial charge in [-0.05, 0) is 139 Å². The molecule has 0 aliphatic carbocycles. The quantitative estimate of drug-likeness (QED) is 0.0169. The van der Waals surface area contributed by atoms with Crippen molar-refractivity contribution in [2.45, 2.75) is 269 Å². The number of hydrogen-bond acceptors (Lipinski definition) is 25. The number of likely N-dealkylation sites (N-methyl/N-ethyl adjacent to an activating group) is 2. The Morgan fingerprint density at radius 3 is 1.26 bits per heavy atom. The number of ether oxygens (including phenoxy) is 2. The number of primary amides is 2. The van der Waals surface area contributed by atoms with Gasteiger partial charge in [-0.1, -0.05) is 146 Å². The minimum Gasteiger partial charge on any atom is -0.461 e. The summed E-state index contributed by atoms with van der Waals surface area (Å²) in [6, 6.07) is 12.1. The minimum atomic E-state index is -0.852. The third-order valence-electron chi connectivity index (χ3n) is 18.3. The number of hydrogen-bond donors (Lipinski definition) is 9. The summed E-state index contributed by atoms with van der Waals surface area (Å²) in [7, 11) is 10.3. The fourth-order valence-corrected chi connectivity index (χ4v) is 16.1. The SMILES string of the molecule is CC(=O)CCC(C)SSCCNC(C)=O.CC(=O)CCC(C)SSCCNC(C)=O.CC(=O)CCCC(=O)C[C@H](C(=O)N[C@@H](CCCNC(N)=O)C(=O)Cc1ccc(COC(=O)N(C)CCN(C)C(C)=O)cc1)C(C)C.CC(=O)CCCCC[C@H](CN[C@@H](CCCNC(N)=O)C(=O)Cc1ccc(COC(C)=O)cc1)C(C)C.CC(=O)CSCCNC(C)=O. The van der Waals surface area contributed by atoms with Crippen molar-refractivity contribution in [3.63, 3.8) is 0 Å². The Hall–Kier alpha value is -7.86. The van der Waals surface area contributed by atoms with Crippen molar-refractivity contribution in [2.24, 2.45) is 35.1 Å². The second kappa shape index (κ2) is 74.4. The maximum atomic E-state index is 13.4. The highest BCUT2D eigenvalue weighted by atomic mass is 33.1. The summed E-state index contributed by atoms with van der Waals surface area (Å²) in [4.78, 5) is 198. The lowest BCUT2D eigenvalue weighted by Crippen LogP contribution is -2.46. The number of thioether (sulfide) groups is 1. The lowest BCUT2D eigenvalue weighted by molar-refractivity contribution is -0.142. The van der Waals surface area contributed by atoms with E-state index in [1.54, 1.807) is 109 Å². The Morgan fingerprint density at radius 1 is 0.423 bits per heavy atom. The molecule has 6 atom stereocenters. The Bertz CT molecular complexity index is 3430. The molecule has 30 nitrogen and oxygen atoms in total. The number of carbonyl (C=O) groups is 17. The maximum Gasteiger partial charge on any atom is 0.409 e. The highest BCUT2D eigenvalue weighted by Crippen LogP contribution is 2.30. The lowest BCUT2D eigenvalue weighted by atomic mass is 9.88. The van der Waals surface area contributed by atoms with E-state index >= 15 is 0 Å². The van der Waals surface area contributed by atoms with Gasteiger partial charge in [-0.15, -0.1) is 0 Å². The van der Waals surface area contributed by atoms with Gasteiger partial charge < -0.3 is 87.1 Å². The van der Waals surface area contributed by atoms with E-state index in [1.165, 1.54) is 63.1 Å². The van der Waals surface area contributed by atoms with Crippen LogP contribution in [0.2, 0.25) is 0 Å². The first-order chi connectivity index (χ1) is 57.8. The fraction of sp³-hybridized carbons (Fsp3) is 0.670. The van der Waals surface area contributed by atoms with Crippen LogP contribution in [0.3, 0.4) is 0 Å². The van der Waals surface area contributed by atoms with E-state index in [4.69, 9.17) is 20.9 Å². The Balaban J connectivity index is -0.00000163. The van der Waals surface area contributed by atoms with E-state index in [0.717, 1.165) is 73.5 Å². The number of rotatable bonds is 61. The fourth-order valence-electron chi connectivity index (χ4n) is 10.9. The molecule has 2 aromatic rings. The molecule has 0 saturated heterocycles. The monoisotopic (exact) mass is 1820 g/mol. The molecule has 698 valence electrons. The first-order valence-corrected chi connectivity index (χ1v) is 48.2. The van der Waals surface area contributed by atoms with E-state index in [0.29, 0.717) is 136 Å². The summed E-state index contributed by atoms with van der Waals surface area (Å²) in [5, 5.41) is 20.5. The van der Waals surface area contributed by atoms with Crippen LogP contribution in [-0.2, 0) is 103 Å². The molecule has 123 heavy (non-hydrogen) atoms. The van der Waals surface area contributed by atoms with E-state index in [2.05, 4.69) is 64.9 Å². The van der Waals surface area contributed by atoms with Crippen LogP contribution in [0.4, 0.5) is 14.4 Å². The van der Waals surface area contributed by atoms with Crippen LogP contribution >= 0.6 is 54.9 Å². The standard InChI is InChI=1S/C33H51N5O8.C28H45N3O5.2C10H19NO2S2.C7H13NO2S/c1-22(2)28(20-27(41)10-7-9-23(3)39)31(43)36-29(11-8-16-35-32(34)44)30(42)19-25-12-14-26(15-13-25)21-46-33(45)38(6)18-17-37(5)24(4)40;1-20(2)25(10-7-5-6-9-21(3)32)18-31-26(11-8-16-30-28(29)35)27(34)17-23-12-14-24(15-13-23)19-36-22(4)33;2*1-8(12)4-5-9(2)15-14-7-6-11-10(3)13;1-6(9)5-11-4-3-8-7(2)10/h12-15,22,28-29H,7-11,16-21H2,1-6H3,(H,36,43)(H3,34,35,44);12-15,20,25-26,31H,5-11,16-19H2,1-4H3,(H3,29,30,35);2*9H,4-7H2,1-3H3,(H,11,13);3-5H2,1-2H3,(H,8,10)/t28-,29-;25-,26+;;;/m01.../s1. The zero-order chi connectivity index (χ0) is 93.8. The Kier molecular flexibility index (Phi) is 72.1. The molecular weight excluding hydrogens is 1680 g/mol. The van der Waals surface area contributed by atoms with Crippen molar-refractivity contribution in [1.29, 1.82) is 0 Å². The van der Waals surface area contributed by atoms with Gasteiger partial charge in [0.2, 0.25) is 29.5 Å². The van der Waals surface area contributed by atoms with E-state index in [1.807, 2.05) is 38.1 Å². The number of nitrogens with two attached hydrogens (primary N) is 2. The molecule has 0 spiro atoms. The number of urea groups is 2. The normalized spacial score (nSPS) is 12.0. The average Bonchev–Trinajstić information content (AvgIpc) is 0.863. The molecule has 0 bridgehead atoms. The van der Waals surface area contributed by atoms with E-state index in [9.17, 15) is 81.5 Å². The van der Waals surface area contributed by atoms with Gasteiger partial charge >= 0.3 is 24.1 Å². The summed E-state index contributed by atoms with van der Waals surface area (Å²) < 4.78 is 10.4. The Labute approximate surface area is 752 Å². The van der Waals surface area contributed by atoms with Crippen molar-refractivity contribution >= 4 is 155 Å². The van der Waals surface area contributed by atoms with Crippen LogP contribution in [0.5, 0.6) is 0 Å². The van der Waals surface area contributed by atoms with Crippen molar-refractivity contribution in [3.8, 4) is 0 Å². The number of Topliss-reactive ketones (excluding diaryl/α,β-unsaturated/α-hetero) is 8. The van der Waals surface area contributed by atoms with Gasteiger partial charge in [-0.2, -0.15) is 11.8 Å². The zero-order valence-electron chi connectivity index (χ0n) is 76.4. The molecule has 0 radical (unpaired) electrons. The molecule has 0 fully saturated rings. The Morgan fingerprint density at radius 2 is 0.846 bits per heavy atom. The molecule has 0 saturated carbocycles. The number of unbranched alkanes of at least 4 members (excludes halogenated alkanes) is 2. The highest BCUT2D eigenvalue weighted by molar-refractivity contribution is 8.77. The van der Waals surface area contributed by atoms with Crippen LogP contribution in [0.25, 0.3) is 0 Å². The molecular formula is C88H147N11O19S5. The molecule has 2 rings (SSSR count). The van der Waals surface area contributed by atoms with Gasteiger partial charge in [0.15, 0.2) is 11.6 Å². The van der Waals surface area contributed by atoms with Gasteiger partial charge in [0, 0.05) is 180 Å². The highest BCUT2D eigenvalue weighted by Gasteiger charge is 2.30. The number of esters is 1. The van der Waals surface area contributed by atoms with Crippen molar-refractivity contribution in [3.05, 3.63) is 70.8 Å². The summed E-state index contributed by atoms with van der Waals surface area (Å²) in [5.74, 6) is 3.16. The van der Waals surface area contributed by atoms with Crippen LogP contribution in [0.15, 0.2) is 48.5 Å². The first kappa shape index (κ1) is 119. The van der Waals surface area contributed by atoms with Gasteiger partial charge in [-0.25, -0.2) is 14.4 Å². The van der Waals surface area contributed by atoms with Gasteiger partial charge in [-0.3, -0.25) is 47.9 Å². The molecule has 0 heterocycles. The molecule has 2 unspecified atom stereocenters. The number of benzene rings is 2. The second-order valence-electron chi connectivity index (χ2n) is 31.1. The smallest absolute Gasteiger partial charge is 0.409 e. The number of nitrogens with zero attached hydrogens (tertiary/aromatic N) is 2. The molecule has 35 heteroatoms. The number of amides is 10. The van der Waals surface area contributed by atoms with E-state index in [-0.39, 0.29) is 133 Å². The first-order valence-electron chi connectivity index (χ1n) is 42.3. The van der Waals surface area contributed by atoms with Gasteiger partial charge in [0.05, 0.1) is 17.8 Å². The molecule has 10 amide bonds. The third kappa shape index (κ3) is 75.2. The van der Waals surface area contributed by atoms with Gasteiger partial charge in [0.1, 0.15) is 47.9 Å². The minimum absolute atomic E-state index is 0.00559. The molecule has 0 aliphatic rings. The van der Waals surface area contributed by atoms with Crippen molar-refractivity contribution in [1.82, 2.24) is 47.0 Å². The van der Waals surface area contributed by atoms with Crippen LogP contribution < -0.4 is 48.7 Å². The third-order valence-corrected chi connectivity index (χ3v) is 25.4. The molecule has 0 aliphatic heterocycles. The van der Waals surface area contributed by atoms with Crippen LogP contribution in [0.1, 0.15) is 242 Å². The maximum absolute atomic E-state index is 13.4. The van der Waals surface area contributed by atoms with Crippen LogP contribution in [0, 0.1) is 23.7 Å². The summed E-state index contributed by atoms with van der Waals surface area (Å²) in [5.41, 5.74) is 13.5. The van der Waals surface area contributed by atoms with Crippen molar-refractivity contribution < 1.29 is 91.0 Å². The number of carbonyl (C=O) groups excluding carboxylic acids is 17. The topological polar surface area (TPSA) is 451 Å². The molecule has 11 N–H and O–H groups in total. The lowest BCUT2D eigenvalue weighted by Gasteiger charge is -2.25.